The van der Waals surface area contributed by atoms with E-state index in [4.69, 9.17) is 4.74 Å². The van der Waals surface area contributed by atoms with Crippen LogP contribution in [0.1, 0.15) is 36.5 Å². The van der Waals surface area contributed by atoms with Crippen LogP contribution < -0.4 is 10.1 Å². The number of ether oxygens (including phenoxy) is 1. The molecule has 1 aromatic heterocycles. The van der Waals surface area contributed by atoms with Crippen LogP contribution in [-0.2, 0) is 13.0 Å². The lowest BCUT2D eigenvalue weighted by Crippen LogP contribution is -2.46. The average molecular weight is 400 g/mol. The van der Waals surface area contributed by atoms with Crippen LogP contribution in [0.3, 0.4) is 0 Å². The highest BCUT2D eigenvalue weighted by molar-refractivity contribution is 5.88. The van der Waals surface area contributed by atoms with Crippen molar-refractivity contribution in [3.05, 3.63) is 70.8 Å². The summed E-state index contributed by atoms with van der Waals surface area (Å²) in [6, 6.07) is 6.03. The third-order valence-corrected chi connectivity index (χ3v) is 5.68. The van der Waals surface area contributed by atoms with E-state index < -0.39 is 11.6 Å². The molecule has 1 fully saturated rings. The molecule has 0 spiro atoms. The van der Waals surface area contributed by atoms with Crippen molar-refractivity contribution >= 4 is 10.8 Å². The average Bonchev–Trinajstić information content (AvgIpc) is 2.68. The molecule has 0 saturated heterocycles. The Morgan fingerprint density at radius 3 is 2.48 bits per heavy atom. The van der Waals surface area contributed by atoms with Crippen molar-refractivity contribution in [2.45, 2.75) is 51.8 Å². The molecule has 29 heavy (non-hydrogen) atoms. The summed E-state index contributed by atoms with van der Waals surface area (Å²) >= 11 is 0. The molecule has 1 heterocycles. The number of hydrogen-bond donors (Lipinski definition) is 1. The minimum atomic E-state index is -0.610. The smallest absolute Gasteiger partial charge is 0.132 e. The molecule has 0 bridgehead atoms. The van der Waals surface area contributed by atoms with E-state index in [1.54, 1.807) is 18.5 Å². The quantitative estimate of drug-likeness (QED) is 0.616. The minimum Gasteiger partial charge on any atom is -0.490 e. The third-order valence-electron chi connectivity index (χ3n) is 5.68. The summed E-state index contributed by atoms with van der Waals surface area (Å²) in [6.07, 6.45) is 5.50. The fourth-order valence-electron chi connectivity index (χ4n) is 3.79. The van der Waals surface area contributed by atoms with Gasteiger partial charge in [-0.2, -0.15) is 0 Å². The highest BCUT2D eigenvalue weighted by Gasteiger charge is 2.31. The maximum Gasteiger partial charge on any atom is 0.132 e. The van der Waals surface area contributed by atoms with Crippen molar-refractivity contribution in [2.24, 2.45) is 0 Å². The topological polar surface area (TPSA) is 34.1 Å². The first-order chi connectivity index (χ1) is 14.0. The summed E-state index contributed by atoms with van der Waals surface area (Å²) in [5, 5.41) is 5.22. The molecule has 152 valence electrons. The fourth-order valence-corrected chi connectivity index (χ4v) is 3.79. The first-order valence-electron chi connectivity index (χ1n) is 9.86. The molecule has 1 saturated carbocycles. The van der Waals surface area contributed by atoms with Crippen molar-refractivity contribution in [3.63, 3.8) is 0 Å². The number of fused-ring (bicyclic) bond motifs is 1. The Morgan fingerprint density at radius 2 is 1.79 bits per heavy atom. The van der Waals surface area contributed by atoms with Gasteiger partial charge >= 0.3 is 0 Å². The molecular weight excluding hydrogens is 377 g/mol. The van der Waals surface area contributed by atoms with Gasteiger partial charge in [0.15, 0.2) is 0 Å². The molecule has 1 N–H and O–H groups in total. The Morgan fingerprint density at radius 1 is 1.07 bits per heavy atom. The van der Waals surface area contributed by atoms with E-state index in [-0.39, 0.29) is 29.3 Å². The van der Waals surface area contributed by atoms with Gasteiger partial charge in [-0.3, -0.25) is 4.98 Å². The van der Waals surface area contributed by atoms with Crippen molar-refractivity contribution in [1.29, 1.82) is 0 Å². The van der Waals surface area contributed by atoms with Gasteiger partial charge in [0.2, 0.25) is 0 Å². The monoisotopic (exact) mass is 400 g/mol. The highest BCUT2D eigenvalue weighted by Crippen LogP contribution is 2.30. The summed E-state index contributed by atoms with van der Waals surface area (Å²) in [5.74, 6) is -1.23. The molecule has 1 aliphatic rings. The van der Waals surface area contributed by atoms with Crippen LogP contribution in [-0.4, -0.2) is 17.1 Å². The summed E-state index contributed by atoms with van der Waals surface area (Å²) in [7, 11) is 0. The number of halogens is 3. The number of benzene rings is 2. The van der Waals surface area contributed by atoms with Gasteiger partial charge in [0.1, 0.15) is 29.3 Å². The van der Waals surface area contributed by atoms with Crippen LogP contribution in [0.25, 0.3) is 10.8 Å². The first-order valence-corrected chi connectivity index (χ1v) is 9.86. The Labute approximate surface area is 167 Å². The van der Waals surface area contributed by atoms with Gasteiger partial charge in [-0.1, -0.05) is 6.92 Å². The van der Waals surface area contributed by atoms with E-state index in [1.807, 2.05) is 13.0 Å². The SMILES string of the molecule is CCc1cc(F)c(CNC2CC(Oc3cc(F)c(C)c(F)c3)C2)c2ccncc12. The second-order valence-electron chi connectivity index (χ2n) is 7.57. The van der Waals surface area contributed by atoms with Crippen LogP contribution in [0.2, 0.25) is 0 Å². The normalized spacial score (nSPS) is 18.7. The molecule has 0 unspecified atom stereocenters. The van der Waals surface area contributed by atoms with Gasteiger partial charge in [0.05, 0.1) is 0 Å². The highest BCUT2D eigenvalue weighted by atomic mass is 19.1. The first kappa shape index (κ1) is 19.7. The lowest BCUT2D eigenvalue weighted by molar-refractivity contribution is 0.0836. The summed E-state index contributed by atoms with van der Waals surface area (Å²) in [5.41, 5.74) is 1.57. The zero-order chi connectivity index (χ0) is 20.5. The van der Waals surface area contributed by atoms with E-state index in [0.29, 0.717) is 24.9 Å². The Bertz CT molecular complexity index is 1020. The van der Waals surface area contributed by atoms with E-state index in [9.17, 15) is 13.2 Å². The number of rotatable bonds is 6. The fraction of sp³-hybridized carbons (Fsp3) is 0.348. The van der Waals surface area contributed by atoms with Gasteiger partial charge < -0.3 is 10.1 Å². The summed E-state index contributed by atoms with van der Waals surface area (Å²) in [4.78, 5) is 4.17. The van der Waals surface area contributed by atoms with Gasteiger partial charge in [-0.05, 0) is 49.3 Å². The Balaban J connectivity index is 1.38. The molecule has 4 rings (SSSR count). The number of aromatic nitrogens is 1. The van der Waals surface area contributed by atoms with Gasteiger partial charge in [0, 0.05) is 53.6 Å². The predicted molar refractivity (Wildman–Crippen MR) is 106 cm³/mol. The van der Waals surface area contributed by atoms with Crippen LogP contribution in [0.5, 0.6) is 5.75 Å². The Hall–Kier alpha value is -2.60. The zero-order valence-corrected chi connectivity index (χ0v) is 16.4. The van der Waals surface area contributed by atoms with Crippen molar-refractivity contribution in [3.8, 4) is 5.75 Å². The minimum absolute atomic E-state index is 0.0101. The summed E-state index contributed by atoms with van der Waals surface area (Å²) in [6.45, 7) is 3.80. The lowest BCUT2D eigenvalue weighted by Gasteiger charge is -2.36. The number of aryl methyl sites for hydroxylation is 1. The van der Waals surface area contributed by atoms with E-state index >= 15 is 0 Å². The molecule has 2 aromatic carbocycles. The molecule has 0 amide bonds. The van der Waals surface area contributed by atoms with E-state index in [0.717, 1.165) is 22.8 Å². The number of nitrogens with zero attached hydrogens (tertiary/aromatic N) is 1. The van der Waals surface area contributed by atoms with Crippen LogP contribution in [0, 0.1) is 24.4 Å². The second-order valence-corrected chi connectivity index (χ2v) is 7.57. The van der Waals surface area contributed by atoms with Gasteiger partial charge in [0.25, 0.3) is 0 Å². The van der Waals surface area contributed by atoms with Crippen molar-refractivity contribution in [1.82, 2.24) is 10.3 Å². The molecule has 0 atom stereocenters. The predicted octanol–water partition coefficient (Wildman–Crippen LogP) is 5.22. The van der Waals surface area contributed by atoms with Crippen molar-refractivity contribution in [2.75, 3.05) is 0 Å². The second kappa shape index (κ2) is 8.03. The lowest BCUT2D eigenvalue weighted by atomic mass is 9.88. The molecule has 1 aliphatic carbocycles. The largest absolute Gasteiger partial charge is 0.490 e. The van der Waals surface area contributed by atoms with Crippen molar-refractivity contribution < 1.29 is 17.9 Å². The van der Waals surface area contributed by atoms with E-state index in [2.05, 4.69) is 10.3 Å². The zero-order valence-electron chi connectivity index (χ0n) is 16.4. The van der Waals surface area contributed by atoms with Gasteiger partial charge in [-0.25, -0.2) is 13.2 Å². The molecule has 0 aliphatic heterocycles. The molecule has 3 nitrogen and oxygen atoms in total. The van der Waals surface area contributed by atoms with Crippen LogP contribution in [0.4, 0.5) is 13.2 Å². The van der Waals surface area contributed by atoms with E-state index in [1.165, 1.54) is 19.1 Å². The molecule has 3 aromatic rings. The third kappa shape index (κ3) is 3.94. The van der Waals surface area contributed by atoms with Crippen LogP contribution in [0.15, 0.2) is 36.7 Å². The number of pyridine rings is 1. The van der Waals surface area contributed by atoms with Gasteiger partial charge in [-0.15, -0.1) is 0 Å². The molecular formula is C23H23F3N2O. The summed E-state index contributed by atoms with van der Waals surface area (Å²) < 4.78 is 47.6. The molecule has 6 heteroatoms. The molecule has 0 radical (unpaired) electrons. The Kier molecular flexibility index (Phi) is 5.46. The number of hydrogen-bond acceptors (Lipinski definition) is 3. The maximum atomic E-state index is 14.7. The van der Waals surface area contributed by atoms with Crippen LogP contribution >= 0.6 is 0 Å². The maximum absolute atomic E-state index is 14.7. The number of nitrogens with one attached hydrogen (secondary N) is 1. The standard InChI is InChI=1S/C23H23F3N2O/c1-3-14-6-23(26)20(18-4-5-27-11-19(14)18)12-28-15-7-16(8-15)29-17-9-21(24)13(2)22(25)10-17/h4-6,9-11,15-16,28H,3,7-8,12H2,1-2H3.